The van der Waals surface area contributed by atoms with Gasteiger partial charge in [-0.3, -0.25) is 9.89 Å². The van der Waals surface area contributed by atoms with Crippen molar-refractivity contribution in [3.8, 4) is 0 Å². The molecule has 1 aliphatic carbocycles. The molecule has 1 aliphatic heterocycles. The Morgan fingerprint density at radius 3 is 2.58 bits per heavy atom. The number of fused-ring (bicyclic) bond motifs is 1. The molecule has 4 rings (SSSR count). The molecule has 1 atom stereocenters. The maximum absolute atomic E-state index is 12.5. The lowest BCUT2D eigenvalue weighted by atomic mass is 9.79. The number of rotatable bonds is 1. The Kier molecular flexibility index (Phi) is 7.56. The van der Waals surface area contributed by atoms with Gasteiger partial charge < -0.3 is 15.5 Å². The van der Waals surface area contributed by atoms with Crippen LogP contribution in [0.25, 0.3) is 0 Å². The topological polar surface area (TPSA) is 98.2 Å². The summed E-state index contributed by atoms with van der Waals surface area (Å²) in [6.07, 6.45) is 2.53. The predicted molar refractivity (Wildman–Crippen MR) is 105 cm³/mol. The standard InChI is InChI=1S/C15H15N3OS.2C2H6O/c1-8-12-14(11-6-3-7-20-11)13-9(4-2-5-10(13)19)16-15(12)18-17-8;2*1-2-3/h3,6-7,14H,2,4-5H2,1H3,(H2,16,17,18);2*3H,2H2,1H3. The second-order valence-corrected chi connectivity index (χ2v) is 6.97. The molecule has 0 aromatic carbocycles. The Balaban J connectivity index is 0.000000361. The Morgan fingerprint density at radius 2 is 1.96 bits per heavy atom. The third kappa shape index (κ3) is 4.23. The molecule has 0 saturated carbocycles. The Labute approximate surface area is 158 Å². The van der Waals surface area contributed by atoms with Crippen LogP contribution >= 0.6 is 11.3 Å². The number of aromatic nitrogens is 2. The second kappa shape index (κ2) is 9.66. The highest BCUT2D eigenvalue weighted by Gasteiger charge is 2.37. The number of anilines is 1. The molecule has 0 spiro atoms. The molecule has 6 nitrogen and oxygen atoms in total. The number of aromatic amines is 1. The van der Waals surface area contributed by atoms with Crippen LogP contribution in [-0.4, -0.2) is 39.4 Å². The summed E-state index contributed by atoms with van der Waals surface area (Å²) >= 11 is 1.71. The van der Waals surface area contributed by atoms with E-state index < -0.39 is 0 Å². The van der Waals surface area contributed by atoms with Crippen LogP contribution in [0.4, 0.5) is 5.82 Å². The SMILES string of the molecule is CCO.CCO.Cc1[nH]nc2c1C(c1cccs1)C1=C(CCCC1=O)N2. The van der Waals surface area contributed by atoms with Gasteiger partial charge in [-0.2, -0.15) is 5.10 Å². The molecule has 7 heteroatoms. The van der Waals surface area contributed by atoms with E-state index in [1.165, 1.54) is 4.88 Å². The normalized spacial score (nSPS) is 17.9. The first-order chi connectivity index (χ1) is 12.6. The van der Waals surface area contributed by atoms with Crippen LogP contribution in [0.5, 0.6) is 0 Å². The molecule has 26 heavy (non-hydrogen) atoms. The maximum Gasteiger partial charge on any atom is 0.161 e. The van der Waals surface area contributed by atoms with Crippen molar-refractivity contribution >= 4 is 22.9 Å². The molecule has 142 valence electrons. The van der Waals surface area contributed by atoms with Gasteiger partial charge in [-0.15, -0.1) is 11.3 Å². The third-order valence-electron chi connectivity index (χ3n) is 4.13. The lowest BCUT2D eigenvalue weighted by Crippen LogP contribution is -2.26. The van der Waals surface area contributed by atoms with E-state index in [0.29, 0.717) is 6.42 Å². The first-order valence-corrected chi connectivity index (χ1v) is 9.80. The number of aliphatic hydroxyl groups excluding tert-OH is 2. The molecular formula is C19H27N3O3S. The zero-order chi connectivity index (χ0) is 19.1. The average Bonchev–Trinajstić information content (AvgIpc) is 3.25. The van der Waals surface area contributed by atoms with Crippen molar-refractivity contribution in [3.05, 3.63) is 44.9 Å². The summed E-state index contributed by atoms with van der Waals surface area (Å²) in [4.78, 5) is 13.7. The van der Waals surface area contributed by atoms with E-state index >= 15 is 0 Å². The van der Waals surface area contributed by atoms with Crippen molar-refractivity contribution in [3.63, 3.8) is 0 Å². The second-order valence-electron chi connectivity index (χ2n) is 5.99. The summed E-state index contributed by atoms with van der Waals surface area (Å²) in [7, 11) is 0. The van der Waals surface area contributed by atoms with Gasteiger partial charge in [0, 0.05) is 47.0 Å². The number of thiophene rings is 1. The number of aliphatic hydroxyl groups is 2. The lowest BCUT2D eigenvalue weighted by molar-refractivity contribution is -0.116. The van der Waals surface area contributed by atoms with E-state index in [1.807, 2.05) is 13.0 Å². The smallest absolute Gasteiger partial charge is 0.161 e. The number of Topliss-reactive ketones (excluding diaryl/α,β-unsaturated/α-hetero) is 1. The fourth-order valence-corrected chi connectivity index (χ4v) is 4.09. The molecule has 0 fully saturated rings. The fourth-order valence-electron chi connectivity index (χ4n) is 3.24. The van der Waals surface area contributed by atoms with Crippen molar-refractivity contribution in [1.82, 2.24) is 10.2 Å². The average molecular weight is 378 g/mol. The zero-order valence-corrected chi connectivity index (χ0v) is 16.3. The van der Waals surface area contributed by atoms with Crippen LogP contribution in [0, 0.1) is 6.92 Å². The number of carbonyl (C=O) groups is 1. The van der Waals surface area contributed by atoms with E-state index in [2.05, 4.69) is 27.0 Å². The maximum atomic E-state index is 12.5. The molecule has 2 aromatic rings. The predicted octanol–water partition coefficient (Wildman–Crippen LogP) is 3.34. The molecule has 4 N–H and O–H groups in total. The van der Waals surface area contributed by atoms with Crippen molar-refractivity contribution in [2.24, 2.45) is 0 Å². The van der Waals surface area contributed by atoms with Gasteiger partial charge in [-0.05, 0) is 45.1 Å². The van der Waals surface area contributed by atoms with Gasteiger partial charge in [0.1, 0.15) is 0 Å². The summed E-state index contributed by atoms with van der Waals surface area (Å²) in [5, 5.41) is 28.0. The summed E-state index contributed by atoms with van der Waals surface area (Å²) in [6.45, 7) is 5.88. The van der Waals surface area contributed by atoms with Gasteiger partial charge in [0.25, 0.3) is 0 Å². The number of nitrogens with zero attached hydrogens (tertiary/aromatic N) is 1. The Morgan fingerprint density at radius 1 is 1.27 bits per heavy atom. The first kappa shape index (κ1) is 20.4. The van der Waals surface area contributed by atoms with Gasteiger partial charge in [-0.25, -0.2) is 0 Å². The van der Waals surface area contributed by atoms with Gasteiger partial charge in [-0.1, -0.05) is 6.07 Å². The summed E-state index contributed by atoms with van der Waals surface area (Å²) in [5.74, 6) is 1.21. The molecule has 0 saturated heterocycles. The van der Waals surface area contributed by atoms with Crippen molar-refractivity contribution in [1.29, 1.82) is 0 Å². The number of aryl methyl sites for hydroxylation is 1. The quantitative estimate of drug-likeness (QED) is 0.611. The Hall–Kier alpha value is -1.96. The van der Waals surface area contributed by atoms with Crippen LogP contribution in [0.15, 0.2) is 28.8 Å². The summed E-state index contributed by atoms with van der Waals surface area (Å²) in [5.41, 5.74) is 4.19. The lowest BCUT2D eigenvalue weighted by Gasteiger charge is -2.31. The van der Waals surface area contributed by atoms with E-state index in [4.69, 9.17) is 10.2 Å². The first-order valence-electron chi connectivity index (χ1n) is 8.92. The van der Waals surface area contributed by atoms with Crippen LogP contribution in [0.1, 0.15) is 55.2 Å². The number of nitrogens with one attached hydrogen (secondary N) is 2. The molecular weight excluding hydrogens is 350 g/mol. The van der Waals surface area contributed by atoms with Gasteiger partial charge in [0.2, 0.25) is 0 Å². The van der Waals surface area contributed by atoms with Crippen LogP contribution in [-0.2, 0) is 4.79 Å². The molecule has 3 heterocycles. The number of allylic oxidation sites excluding steroid dienone is 2. The third-order valence-corrected chi connectivity index (χ3v) is 5.06. The molecule has 0 radical (unpaired) electrons. The van der Waals surface area contributed by atoms with Gasteiger partial charge in [0.15, 0.2) is 11.6 Å². The van der Waals surface area contributed by atoms with E-state index in [1.54, 1.807) is 25.2 Å². The minimum absolute atomic E-state index is 0.0489. The minimum Gasteiger partial charge on any atom is -0.397 e. The molecule has 0 bridgehead atoms. The highest BCUT2D eigenvalue weighted by atomic mass is 32.1. The number of hydrogen-bond acceptors (Lipinski definition) is 6. The Bertz CT molecular complexity index is 748. The largest absolute Gasteiger partial charge is 0.397 e. The minimum atomic E-state index is 0.0489. The zero-order valence-electron chi connectivity index (χ0n) is 15.5. The van der Waals surface area contributed by atoms with Crippen molar-refractivity contribution in [2.45, 2.75) is 46.0 Å². The monoisotopic (exact) mass is 377 g/mol. The van der Waals surface area contributed by atoms with Crippen molar-refractivity contribution < 1.29 is 15.0 Å². The fraction of sp³-hybridized carbons (Fsp3) is 0.474. The van der Waals surface area contributed by atoms with E-state index in [0.717, 1.165) is 41.2 Å². The van der Waals surface area contributed by atoms with Crippen LogP contribution in [0.3, 0.4) is 0 Å². The van der Waals surface area contributed by atoms with Gasteiger partial charge in [0.05, 0.1) is 5.92 Å². The highest BCUT2D eigenvalue weighted by molar-refractivity contribution is 7.10. The summed E-state index contributed by atoms with van der Waals surface area (Å²) in [6, 6.07) is 4.16. The number of ketones is 1. The van der Waals surface area contributed by atoms with Gasteiger partial charge >= 0.3 is 0 Å². The number of hydrogen-bond donors (Lipinski definition) is 4. The molecule has 2 aromatic heterocycles. The van der Waals surface area contributed by atoms with E-state index in [-0.39, 0.29) is 24.9 Å². The highest BCUT2D eigenvalue weighted by Crippen LogP contribution is 2.46. The number of carbonyl (C=O) groups excluding carboxylic acids is 1. The molecule has 0 amide bonds. The van der Waals surface area contributed by atoms with Crippen LogP contribution in [0.2, 0.25) is 0 Å². The molecule has 2 aliphatic rings. The molecule has 1 unspecified atom stereocenters. The summed E-state index contributed by atoms with van der Waals surface area (Å²) < 4.78 is 0. The van der Waals surface area contributed by atoms with E-state index in [9.17, 15) is 4.79 Å². The van der Waals surface area contributed by atoms with Crippen molar-refractivity contribution in [2.75, 3.05) is 18.5 Å². The number of H-pyrrole nitrogens is 1. The van der Waals surface area contributed by atoms with Crippen LogP contribution < -0.4 is 5.32 Å².